The molecule has 0 saturated carbocycles. The first kappa shape index (κ1) is 16.7. The van der Waals surface area contributed by atoms with Crippen LogP contribution in [0.15, 0.2) is 18.2 Å². The Morgan fingerprint density at radius 1 is 1.05 bits per heavy atom. The number of ether oxygens (including phenoxy) is 1. The van der Waals surface area contributed by atoms with Crippen LogP contribution in [-0.2, 0) is 4.79 Å². The van der Waals surface area contributed by atoms with Crippen molar-refractivity contribution in [1.82, 2.24) is 0 Å². The SMILES string of the molecule is CCCCCC(=O)Oc1c(C(C)C)cccc1C(C)C. The molecule has 0 radical (unpaired) electrons. The minimum Gasteiger partial charge on any atom is -0.426 e. The van der Waals surface area contributed by atoms with E-state index in [9.17, 15) is 4.79 Å². The Morgan fingerprint density at radius 3 is 2.05 bits per heavy atom. The average molecular weight is 276 g/mol. The van der Waals surface area contributed by atoms with Gasteiger partial charge in [0.15, 0.2) is 0 Å². The number of rotatable bonds is 7. The van der Waals surface area contributed by atoms with Gasteiger partial charge in [-0.05, 0) is 29.4 Å². The van der Waals surface area contributed by atoms with Crippen molar-refractivity contribution in [1.29, 1.82) is 0 Å². The van der Waals surface area contributed by atoms with E-state index in [1.165, 1.54) is 0 Å². The molecule has 2 heteroatoms. The second kappa shape index (κ2) is 8.08. The summed E-state index contributed by atoms with van der Waals surface area (Å²) in [6, 6.07) is 6.18. The number of hydrogen-bond donors (Lipinski definition) is 0. The molecule has 0 heterocycles. The maximum Gasteiger partial charge on any atom is 0.311 e. The molecule has 0 amide bonds. The quantitative estimate of drug-likeness (QED) is 0.377. The Balaban J connectivity index is 2.93. The van der Waals surface area contributed by atoms with Crippen molar-refractivity contribution in [2.45, 2.75) is 72.1 Å². The third-order valence-corrected chi connectivity index (χ3v) is 3.52. The minimum atomic E-state index is -0.103. The fourth-order valence-electron chi connectivity index (χ4n) is 2.28. The molecular weight excluding hydrogens is 248 g/mol. The highest BCUT2D eigenvalue weighted by Crippen LogP contribution is 2.34. The zero-order valence-electron chi connectivity index (χ0n) is 13.5. The highest BCUT2D eigenvalue weighted by atomic mass is 16.5. The molecule has 0 aromatic heterocycles. The lowest BCUT2D eigenvalue weighted by Crippen LogP contribution is -2.12. The monoisotopic (exact) mass is 276 g/mol. The highest BCUT2D eigenvalue weighted by molar-refractivity contribution is 5.73. The Labute approximate surface area is 123 Å². The molecular formula is C18H28O2. The van der Waals surface area contributed by atoms with Gasteiger partial charge in [0.1, 0.15) is 5.75 Å². The van der Waals surface area contributed by atoms with Gasteiger partial charge in [-0.25, -0.2) is 0 Å². The van der Waals surface area contributed by atoms with E-state index in [1.54, 1.807) is 0 Å². The number of benzene rings is 1. The van der Waals surface area contributed by atoms with Crippen LogP contribution in [0.2, 0.25) is 0 Å². The molecule has 0 spiro atoms. The molecule has 0 aliphatic heterocycles. The van der Waals surface area contributed by atoms with Gasteiger partial charge in [-0.1, -0.05) is 65.7 Å². The number of carbonyl (C=O) groups excluding carboxylic acids is 1. The summed E-state index contributed by atoms with van der Waals surface area (Å²) in [5.74, 6) is 1.40. The van der Waals surface area contributed by atoms with Crippen LogP contribution in [0.5, 0.6) is 5.75 Å². The number of unbranched alkanes of at least 4 members (excludes halogenated alkanes) is 2. The molecule has 20 heavy (non-hydrogen) atoms. The van der Waals surface area contributed by atoms with Gasteiger partial charge >= 0.3 is 5.97 Å². The van der Waals surface area contributed by atoms with E-state index in [-0.39, 0.29) is 5.97 Å². The molecule has 2 nitrogen and oxygen atoms in total. The van der Waals surface area contributed by atoms with E-state index in [0.717, 1.165) is 36.1 Å². The molecule has 0 bridgehead atoms. The van der Waals surface area contributed by atoms with Crippen LogP contribution in [-0.4, -0.2) is 5.97 Å². The van der Waals surface area contributed by atoms with Crippen molar-refractivity contribution in [3.8, 4) is 5.75 Å². The van der Waals surface area contributed by atoms with Crippen LogP contribution < -0.4 is 4.74 Å². The van der Waals surface area contributed by atoms with Gasteiger partial charge in [0.05, 0.1) is 0 Å². The first-order valence-electron chi connectivity index (χ1n) is 7.80. The van der Waals surface area contributed by atoms with Gasteiger partial charge in [0.2, 0.25) is 0 Å². The van der Waals surface area contributed by atoms with Crippen molar-refractivity contribution < 1.29 is 9.53 Å². The molecule has 0 N–H and O–H groups in total. The van der Waals surface area contributed by atoms with Gasteiger partial charge < -0.3 is 4.74 Å². The Hall–Kier alpha value is -1.31. The topological polar surface area (TPSA) is 26.3 Å². The van der Waals surface area contributed by atoms with Crippen LogP contribution in [0.25, 0.3) is 0 Å². The predicted molar refractivity (Wildman–Crippen MR) is 84.4 cm³/mol. The lowest BCUT2D eigenvalue weighted by atomic mass is 9.94. The molecule has 0 atom stereocenters. The van der Waals surface area contributed by atoms with Gasteiger partial charge in [0, 0.05) is 6.42 Å². The van der Waals surface area contributed by atoms with Crippen molar-refractivity contribution in [2.75, 3.05) is 0 Å². The summed E-state index contributed by atoms with van der Waals surface area (Å²) in [6.45, 7) is 10.7. The summed E-state index contributed by atoms with van der Waals surface area (Å²) in [4.78, 5) is 12.0. The van der Waals surface area contributed by atoms with Gasteiger partial charge in [0.25, 0.3) is 0 Å². The summed E-state index contributed by atoms with van der Waals surface area (Å²) in [5, 5.41) is 0. The van der Waals surface area contributed by atoms with E-state index in [1.807, 2.05) is 0 Å². The van der Waals surface area contributed by atoms with Crippen LogP contribution >= 0.6 is 0 Å². The lowest BCUT2D eigenvalue weighted by molar-refractivity contribution is -0.134. The molecule has 1 rings (SSSR count). The van der Waals surface area contributed by atoms with Gasteiger partial charge in [-0.3, -0.25) is 4.79 Å². The fourth-order valence-corrected chi connectivity index (χ4v) is 2.28. The Morgan fingerprint density at radius 2 is 1.60 bits per heavy atom. The van der Waals surface area contributed by atoms with Crippen molar-refractivity contribution >= 4 is 5.97 Å². The van der Waals surface area contributed by atoms with E-state index >= 15 is 0 Å². The zero-order chi connectivity index (χ0) is 15.1. The lowest BCUT2D eigenvalue weighted by Gasteiger charge is -2.18. The molecule has 1 aromatic carbocycles. The van der Waals surface area contributed by atoms with Gasteiger partial charge in [-0.2, -0.15) is 0 Å². The smallest absolute Gasteiger partial charge is 0.311 e. The van der Waals surface area contributed by atoms with Crippen LogP contribution in [0.1, 0.15) is 83.3 Å². The predicted octanol–water partition coefficient (Wildman–Crippen LogP) is 5.42. The number of carbonyl (C=O) groups is 1. The minimum absolute atomic E-state index is 0.103. The van der Waals surface area contributed by atoms with Crippen molar-refractivity contribution in [3.05, 3.63) is 29.3 Å². The fraction of sp³-hybridized carbons (Fsp3) is 0.611. The molecule has 0 aliphatic rings. The molecule has 112 valence electrons. The largest absolute Gasteiger partial charge is 0.426 e. The van der Waals surface area contributed by atoms with Gasteiger partial charge in [-0.15, -0.1) is 0 Å². The first-order valence-corrected chi connectivity index (χ1v) is 7.80. The summed E-state index contributed by atoms with van der Waals surface area (Å²) in [7, 11) is 0. The molecule has 0 fully saturated rings. The maximum atomic E-state index is 12.0. The number of esters is 1. The van der Waals surface area contributed by atoms with E-state index in [0.29, 0.717) is 18.3 Å². The third-order valence-electron chi connectivity index (χ3n) is 3.52. The third kappa shape index (κ3) is 4.66. The van der Waals surface area contributed by atoms with E-state index < -0.39 is 0 Å². The van der Waals surface area contributed by atoms with E-state index in [2.05, 4.69) is 52.8 Å². The standard InChI is InChI=1S/C18H28O2/c1-6-7-8-12-17(19)20-18-15(13(2)3)10-9-11-16(18)14(4)5/h9-11,13-14H,6-8,12H2,1-5H3. The normalized spacial score (nSPS) is 11.2. The molecule has 1 aromatic rings. The molecule has 0 aliphatic carbocycles. The van der Waals surface area contributed by atoms with Crippen LogP contribution in [0.3, 0.4) is 0 Å². The summed E-state index contributed by atoms with van der Waals surface area (Å²) in [6.07, 6.45) is 3.62. The first-order chi connectivity index (χ1) is 9.47. The average Bonchev–Trinajstić information content (AvgIpc) is 2.38. The number of para-hydroxylation sites is 1. The van der Waals surface area contributed by atoms with Crippen molar-refractivity contribution in [2.24, 2.45) is 0 Å². The Kier molecular flexibility index (Phi) is 6.77. The summed E-state index contributed by atoms with van der Waals surface area (Å²) < 4.78 is 5.71. The summed E-state index contributed by atoms with van der Waals surface area (Å²) in [5.41, 5.74) is 2.25. The molecule has 0 unspecified atom stereocenters. The summed E-state index contributed by atoms with van der Waals surface area (Å²) >= 11 is 0. The van der Waals surface area contributed by atoms with Crippen LogP contribution in [0, 0.1) is 0 Å². The zero-order valence-corrected chi connectivity index (χ0v) is 13.5. The van der Waals surface area contributed by atoms with E-state index in [4.69, 9.17) is 4.74 Å². The molecule has 0 saturated heterocycles. The van der Waals surface area contributed by atoms with Crippen LogP contribution in [0.4, 0.5) is 0 Å². The second-order valence-corrected chi connectivity index (χ2v) is 6.01. The maximum absolute atomic E-state index is 12.0. The number of hydrogen-bond acceptors (Lipinski definition) is 2. The second-order valence-electron chi connectivity index (χ2n) is 6.01. The Bertz CT molecular complexity index is 407. The van der Waals surface area contributed by atoms with Crippen molar-refractivity contribution in [3.63, 3.8) is 0 Å². The highest BCUT2D eigenvalue weighted by Gasteiger charge is 2.17.